The average molecular weight is 938 g/mol. The summed E-state index contributed by atoms with van der Waals surface area (Å²) in [6.07, 6.45) is 1.12. The molecular formula is C53H45IrN3O-2. The zero-order chi connectivity index (χ0) is 44.4. The first-order valence-corrected chi connectivity index (χ1v) is 19.4. The van der Waals surface area contributed by atoms with E-state index in [4.69, 9.17) is 17.6 Å². The van der Waals surface area contributed by atoms with Gasteiger partial charge in [0.2, 0.25) is 0 Å². The summed E-state index contributed by atoms with van der Waals surface area (Å²) >= 11 is 0. The first kappa shape index (κ1) is 32.1. The molecule has 0 atom stereocenters. The van der Waals surface area contributed by atoms with Crippen LogP contribution in [-0.2, 0) is 20.1 Å². The van der Waals surface area contributed by atoms with Crippen LogP contribution in [0.15, 0.2) is 138 Å². The maximum atomic E-state index is 7.87. The monoisotopic (exact) mass is 938 g/mol. The molecular weight excluding hydrogens is 887 g/mol. The zero-order valence-electron chi connectivity index (χ0n) is 38.9. The molecule has 4 nitrogen and oxygen atoms in total. The molecule has 5 heteroatoms. The van der Waals surface area contributed by atoms with Gasteiger partial charge in [0, 0.05) is 45.6 Å². The first-order chi connectivity index (χ1) is 30.1. The molecule has 10 aromatic rings. The summed E-state index contributed by atoms with van der Waals surface area (Å²) in [5, 5.41) is 6.23. The molecule has 289 valence electrons. The van der Waals surface area contributed by atoms with E-state index in [0.717, 1.165) is 60.9 Å². The Morgan fingerprint density at radius 1 is 0.672 bits per heavy atom. The summed E-state index contributed by atoms with van der Waals surface area (Å²) in [6.45, 7) is 6.09. The minimum Gasteiger partial charge on any atom is -0.501 e. The van der Waals surface area contributed by atoms with Gasteiger partial charge in [-0.05, 0) is 101 Å². The molecule has 0 bridgehead atoms. The van der Waals surface area contributed by atoms with Crippen molar-refractivity contribution in [2.24, 2.45) is 0 Å². The van der Waals surface area contributed by atoms with Gasteiger partial charge >= 0.3 is 0 Å². The van der Waals surface area contributed by atoms with Crippen LogP contribution in [0.5, 0.6) is 0 Å². The fraction of sp³-hybridized carbons (Fsp3) is 0.170. The molecule has 3 aromatic heterocycles. The molecule has 0 saturated carbocycles. The standard InChI is InChI=1S/C27H18NO.C26H27N2.Ir/c1-16-12-25(28-15-17(16)2)22-9-5-8-21-24-14-23-19(13-26(24)29-27(21)22)11-10-18-6-3-4-7-20(18)23;1-17(2)21-15-19(5)16-22(18(3)4)25(21)28-24-14-10-9-13-23(24)27-26(28)20-11-7-6-8-12-20;/h3-8,10-15H,1-2H3;6-11,13-18H,1-5H3;/q2*-1;/i1D3,2D3;;. The van der Waals surface area contributed by atoms with E-state index in [1.807, 2.05) is 36.4 Å². The number of imidazole rings is 1. The van der Waals surface area contributed by atoms with Crippen LogP contribution in [0.2, 0.25) is 0 Å². The summed E-state index contributed by atoms with van der Waals surface area (Å²) in [6, 6.07) is 49.1. The van der Waals surface area contributed by atoms with E-state index >= 15 is 0 Å². The van der Waals surface area contributed by atoms with Crippen LogP contribution in [-0.4, -0.2) is 14.5 Å². The Bertz CT molecular complexity index is 3320. The van der Waals surface area contributed by atoms with Crippen molar-refractivity contribution in [2.45, 2.75) is 60.2 Å². The number of furan rings is 1. The van der Waals surface area contributed by atoms with Crippen LogP contribution < -0.4 is 0 Å². The third kappa shape index (κ3) is 6.93. The van der Waals surface area contributed by atoms with E-state index in [2.05, 4.69) is 135 Å². The van der Waals surface area contributed by atoms with Crippen molar-refractivity contribution in [3.63, 3.8) is 0 Å². The summed E-state index contributed by atoms with van der Waals surface area (Å²) in [5.41, 5.74) is 9.95. The van der Waals surface area contributed by atoms with Gasteiger partial charge in [0.05, 0.1) is 22.4 Å². The molecule has 58 heavy (non-hydrogen) atoms. The Kier molecular flexibility index (Phi) is 8.76. The van der Waals surface area contributed by atoms with Crippen molar-refractivity contribution in [3.05, 3.63) is 174 Å². The van der Waals surface area contributed by atoms with Crippen molar-refractivity contribution in [1.82, 2.24) is 14.5 Å². The topological polar surface area (TPSA) is 43.9 Å². The van der Waals surface area contributed by atoms with Crippen LogP contribution in [0.25, 0.3) is 82.8 Å². The molecule has 10 rings (SSSR count). The third-order valence-corrected chi connectivity index (χ3v) is 10.7. The van der Waals surface area contributed by atoms with Crippen LogP contribution in [0.4, 0.5) is 0 Å². The normalized spacial score (nSPS) is 13.5. The Balaban J connectivity index is 0.000000177. The van der Waals surface area contributed by atoms with E-state index in [0.29, 0.717) is 34.3 Å². The van der Waals surface area contributed by atoms with Gasteiger partial charge in [0.1, 0.15) is 5.58 Å². The number of benzene rings is 7. The number of hydrogen-bond donors (Lipinski definition) is 0. The molecule has 0 aliphatic heterocycles. The van der Waals surface area contributed by atoms with Gasteiger partial charge < -0.3 is 14.0 Å². The quantitative estimate of drug-likeness (QED) is 0.128. The number of rotatable bonds is 5. The number of para-hydroxylation sites is 2. The molecule has 1 radical (unpaired) electrons. The van der Waals surface area contributed by atoms with Crippen LogP contribution in [0.1, 0.15) is 75.6 Å². The van der Waals surface area contributed by atoms with Gasteiger partial charge in [-0.2, -0.15) is 0 Å². The van der Waals surface area contributed by atoms with E-state index in [1.54, 1.807) is 6.07 Å². The maximum absolute atomic E-state index is 7.87. The van der Waals surface area contributed by atoms with Gasteiger partial charge in [0.15, 0.2) is 0 Å². The largest absolute Gasteiger partial charge is 0.501 e. The van der Waals surface area contributed by atoms with Crippen LogP contribution in [0, 0.1) is 32.8 Å². The maximum Gasteiger partial charge on any atom is 0.121 e. The van der Waals surface area contributed by atoms with Crippen molar-refractivity contribution in [3.8, 4) is 28.3 Å². The van der Waals surface area contributed by atoms with E-state index in [9.17, 15) is 0 Å². The average Bonchev–Trinajstić information content (AvgIpc) is 3.83. The van der Waals surface area contributed by atoms with Crippen LogP contribution in [0.3, 0.4) is 0 Å². The summed E-state index contributed by atoms with van der Waals surface area (Å²) in [4.78, 5) is 9.32. The molecule has 0 saturated heterocycles. The van der Waals surface area contributed by atoms with Crippen molar-refractivity contribution < 1.29 is 32.7 Å². The van der Waals surface area contributed by atoms with Crippen LogP contribution >= 0.6 is 0 Å². The molecule has 7 aromatic carbocycles. The van der Waals surface area contributed by atoms with Gasteiger partial charge in [-0.15, -0.1) is 54.1 Å². The van der Waals surface area contributed by atoms with Crippen molar-refractivity contribution >= 4 is 54.5 Å². The molecule has 0 aliphatic rings. The molecule has 0 N–H and O–H groups in total. The Hall–Kier alpha value is -5.87. The fourth-order valence-corrected chi connectivity index (χ4v) is 7.96. The minimum atomic E-state index is -2.61. The molecule has 0 amide bonds. The molecule has 0 fully saturated rings. The smallest absolute Gasteiger partial charge is 0.121 e. The minimum absolute atomic E-state index is 0. The van der Waals surface area contributed by atoms with Gasteiger partial charge in [0.25, 0.3) is 0 Å². The second-order valence-corrected chi connectivity index (χ2v) is 15.3. The second-order valence-electron chi connectivity index (χ2n) is 15.3. The first-order valence-electron chi connectivity index (χ1n) is 22.4. The summed E-state index contributed by atoms with van der Waals surface area (Å²) < 4.78 is 55.4. The number of hydrogen-bond acceptors (Lipinski definition) is 3. The van der Waals surface area contributed by atoms with Gasteiger partial charge in [-0.1, -0.05) is 117 Å². The van der Waals surface area contributed by atoms with E-state index in [1.165, 1.54) is 28.4 Å². The van der Waals surface area contributed by atoms with Crippen molar-refractivity contribution in [2.75, 3.05) is 0 Å². The molecule has 0 unspecified atom stereocenters. The Morgan fingerprint density at radius 2 is 1.41 bits per heavy atom. The fourth-order valence-electron chi connectivity index (χ4n) is 7.96. The summed E-state index contributed by atoms with van der Waals surface area (Å²) in [7, 11) is 0. The van der Waals surface area contributed by atoms with E-state index < -0.39 is 13.7 Å². The zero-order valence-corrected chi connectivity index (χ0v) is 35.3. The second kappa shape index (κ2) is 15.8. The molecule has 0 spiro atoms. The SMILES string of the molecule is Cc1cc(C(C)C)c(-n2c(-c3[c-]cccc3)nc3ccccc32)c(C(C)C)c1.[2H]C([2H])([2H])c1cnc(-c2[c-]ccc3c2oc2cc4ccc5ccccc5c4cc23)cc1C([2H])([2H])[2H].[Ir]. The predicted octanol–water partition coefficient (Wildman–Crippen LogP) is 14.4. The Morgan fingerprint density at radius 3 is 2.17 bits per heavy atom. The van der Waals surface area contributed by atoms with Crippen molar-refractivity contribution in [1.29, 1.82) is 0 Å². The van der Waals surface area contributed by atoms with E-state index in [-0.39, 0.29) is 31.2 Å². The number of pyridine rings is 1. The number of aromatic nitrogens is 3. The number of nitrogens with zero attached hydrogens (tertiary/aromatic N) is 3. The van der Waals surface area contributed by atoms with Gasteiger partial charge in [-0.3, -0.25) is 4.98 Å². The molecule has 0 aliphatic carbocycles. The Labute approximate surface area is 362 Å². The third-order valence-electron chi connectivity index (χ3n) is 10.7. The molecule has 3 heterocycles. The van der Waals surface area contributed by atoms with Gasteiger partial charge in [-0.25, -0.2) is 0 Å². The number of fused-ring (bicyclic) bond motifs is 7. The summed E-state index contributed by atoms with van der Waals surface area (Å²) in [5.74, 6) is 1.79. The number of aryl methyl sites for hydroxylation is 3. The predicted molar refractivity (Wildman–Crippen MR) is 239 cm³/mol.